The van der Waals surface area contributed by atoms with Crippen molar-refractivity contribution in [2.75, 3.05) is 16.5 Å². The van der Waals surface area contributed by atoms with Gasteiger partial charge in [-0.05, 0) is 88.7 Å². The van der Waals surface area contributed by atoms with Gasteiger partial charge in [-0.25, -0.2) is 4.79 Å². The lowest BCUT2D eigenvalue weighted by Gasteiger charge is -2.31. The Morgan fingerprint density at radius 1 is 0.884 bits per heavy atom. The molecule has 2 aliphatic heterocycles. The third-order valence-corrected chi connectivity index (χ3v) is 7.42. The van der Waals surface area contributed by atoms with E-state index in [9.17, 15) is 14.7 Å². The van der Waals surface area contributed by atoms with E-state index in [0.29, 0.717) is 11.3 Å². The Morgan fingerprint density at radius 3 is 2.33 bits per heavy atom. The number of fused-ring (bicyclic) bond motifs is 1. The molecule has 0 saturated heterocycles. The minimum absolute atomic E-state index is 0.0800. The molecular weight excluding hydrogens is 540 g/mol. The molecule has 1 amide bonds. The number of carbonyl (C=O) groups excluding carboxylic acids is 1. The van der Waals surface area contributed by atoms with Gasteiger partial charge in [-0.3, -0.25) is 4.79 Å². The Hall–Kier alpha value is -5.94. The Kier molecular flexibility index (Phi) is 7.29. The summed E-state index contributed by atoms with van der Waals surface area (Å²) in [6.45, 7) is 8.43. The van der Waals surface area contributed by atoms with Crippen LogP contribution in [0, 0.1) is 6.57 Å². The fourth-order valence-electron chi connectivity index (χ4n) is 5.29. The van der Waals surface area contributed by atoms with Crippen molar-refractivity contribution in [2.24, 2.45) is 5.10 Å². The number of hydrogen-bond donors (Lipinski definition) is 2. The molecule has 0 saturated carbocycles. The number of aryl methyl sites for hydroxylation is 1. The van der Waals surface area contributed by atoms with Gasteiger partial charge in [-0.15, -0.1) is 5.01 Å². The lowest BCUT2D eigenvalue weighted by Crippen LogP contribution is -2.24. The SMILES string of the molecule is [C-]#[N+]C1=NN(c2ccccc2)C(=O)C1=Cc1ccc2c(c1)CCCN2c1ccc(/C=C/c2ccc(C(=O)O)c(O)c2)cc1. The van der Waals surface area contributed by atoms with Gasteiger partial charge in [0.1, 0.15) is 11.3 Å². The Labute approximate surface area is 248 Å². The number of para-hydroxylation sites is 1. The number of carboxylic acid groups (broad SMARTS) is 1. The monoisotopic (exact) mass is 566 g/mol. The van der Waals surface area contributed by atoms with Crippen LogP contribution in [0.5, 0.6) is 5.75 Å². The zero-order valence-corrected chi connectivity index (χ0v) is 23.0. The Morgan fingerprint density at radius 2 is 1.60 bits per heavy atom. The molecule has 0 aromatic heterocycles. The maximum absolute atomic E-state index is 13.2. The van der Waals surface area contributed by atoms with E-state index in [1.807, 2.05) is 48.6 Å². The first-order valence-electron chi connectivity index (χ1n) is 13.7. The summed E-state index contributed by atoms with van der Waals surface area (Å²) in [6, 6.07) is 27.8. The van der Waals surface area contributed by atoms with Gasteiger partial charge in [0.15, 0.2) is 0 Å². The fourth-order valence-corrected chi connectivity index (χ4v) is 5.29. The molecule has 43 heavy (non-hydrogen) atoms. The van der Waals surface area contributed by atoms with Crippen LogP contribution in [0.25, 0.3) is 23.1 Å². The average molecular weight is 567 g/mol. The number of rotatable bonds is 6. The first kappa shape index (κ1) is 27.2. The number of hydrogen-bond acceptors (Lipinski definition) is 5. The molecule has 0 atom stereocenters. The van der Waals surface area contributed by atoms with Crippen LogP contribution in [0.15, 0.2) is 102 Å². The quantitative estimate of drug-likeness (QED) is 0.149. The van der Waals surface area contributed by atoms with Gasteiger partial charge in [0, 0.05) is 17.9 Å². The van der Waals surface area contributed by atoms with Gasteiger partial charge < -0.3 is 20.0 Å². The number of carbonyl (C=O) groups is 2. The van der Waals surface area contributed by atoms with Crippen LogP contribution in [-0.2, 0) is 11.2 Å². The number of anilines is 3. The van der Waals surface area contributed by atoms with E-state index in [2.05, 4.69) is 39.1 Å². The topological polar surface area (TPSA) is 97.8 Å². The molecule has 6 rings (SSSR count). The number of phenols is 1. The summed E-state index contributed by atoms with van der Waals surface area (Å²) in [5.41, 5.74) is 6.61. The molecule has 0 aliphatic carbocycles. The zero-order valence-electron chi connectivity index (χ0n) is 23.0. The fraction of sp³-hybridized carbons (Fsp3) is 0.0857. The van der Waals surface area contributed by atoms with E-state index in [-0.39, 0.29) is 28.6 Å². The van der Waals surface area contributed by atoms with E-state index < -0.39 is 5.97 Å². The van der Waals surface area contributed by atoms with Crippen molar-refractivity contribution in [1.29, 1.82) is 0 Å². The van der Waals surface area contributed by atoms with Crippen LogP contribution in [0.1, 0.15) is 39.0 Å². The maximum atomic E-state index is 13.2. The predicted molar refractivity (Wildman–Crippen MR) is 168 cm³/mol. The van der Waals surface area contributed by atoms with Gasteiger partial charge in [0.05, 0.1) is 11.3 Å². The first-order chi connectivity index (χ1) is 20.9. The highest BCUT2D eigenvalue weighted by Gasteiger charge is 2.34. The third kappa shape index (κ3) is 5.52. The van der Waals surface area contributed by atoms with Crippen LogP contribution >= 0.6 is 0 Å². The van der Waals surface area contributed by atoms with Crippen molar-refractivity contribution >= 4 is 53.0 Å². The van der Waals surface area contributed by atoms with E-state index in [1.54, 1.807) is 24.3 Å². The number of benzene rings is 4. The van der Waals surface area contributed by atoms with E-state index in [0.717, 1.165) is 41.9 Å². The minimum Gasteiger partial charge on any atom is -0.507 e. The second-order valence-corrected chi connectivity index (χ2v) is 10.2. The molecule has 0 unspecified atom stereocenters. The van der Waals surface area contributed by atoms with E-state index >= 15 is 0 Å². The van der Waals surface area contributed by atoms with Crippen molar-refractivity contribution in [2.45, 2.75) is 12.8 Å². The Bertz CT molecular complexity index is 1870. The van der Waals surface area contributed by atoms with Gasteiger partial charge >= 0.3 is 11.8 Å². The van der Waals surface area contributed by atoms with Gasteiger partial charge in [0.25, 0.3) is 5.91 Å². The second-order valence-electron chi connectivity index (χ2n) is 10.2. The molecule has 0 spiro atoms. The highest BCUT2D eigenvalue weighted by molar-refractivity contribution is 6.34. The molecule has 8 heteroatoms. The van der Waals surface area contributed by atoms with E-state index in [1.165, 1.54) is 22.7 Å². The molecule has 8 nitrogen and oxygen atoms in total. The highest BCUT2D eigenvalue weighted by atomic mass is 16.4. The molecule has 2 aliphatic rings. The van der Waals surface area contributed by atoms with Gasteiger partial charge in [-0.1, -0.05) is 67.3 Å². The molecular formula is C35H26N4O4. The van der Waals surface area contributed by atoms with Crippen LogP contribution in [0.3, 0.4) is 0 Å². The molecule has 0 bridgehead atoms. The molecule has 2 heterocycles. The van der Waals surface area contributed by atoms with Crippen LogP contribution in [0.2, 0.25) is 0 Å². The number of amidine groups is 1. The number of aromatic carboxylic acids is 1. The van der Waals surface area contributed by atoms with Crippen molar-refractivity contribution in [3.8, 4) is 5.75 Å². The van der Waals surface area contributed by atoms with Crippen LogP contribution < -0.4 is 9.91 Å². The molecule has 0 radical (unpaired) electrons. The summed E-state index contributed by atoms with van der Waals surface area (Å²) in [5.74, 6) is -1.67. The lowest BCUT2D eigenvalue weighted by molar-refractivity contribution is -0.114. The summed E-state index contributed by atoms with van der Waals surface area (Å²) in [7, 11) is 0. The molecule has 2 N–H and O–H groups in total. The van der Waals surface area contributed by atoms with Crippen molar-refractivity contribution in [1.82, 2.24) is 0 Å². The number of hydrazone groups is 1. The summed E-state index contributed by atoms with van der Waals surface area (Å²) in [6.07, 6.45) is 7.36. The first-order valence-corrected chi connectivity index (χ1v) is 13.7. The zero-order chi connectivity index (χ0) is 29.9. The minimum atomic E-state index is -1.17. The van der Waals surface area contributed by atoms with Gasteiger partial charge in [0.2, 0.25) is 0 Å². The number of aromatic hydroxyl groups is 1. The maximum Gasteiger partial charge on any atom is 0.339 e. The third-order valence-electron chi connectivity index (χ3n) is 7.42. The summed E-state index contributed by atoms with van der Waals surface area (Å²) in [4.78, 5) is 30.1. The summed E-state index contributed by atoms with van der Waals surface area (Å²) in [5, 5.41) is 24.6. The molecule has 4 aromatic carbocycles. The van der Waals surface area contributed by atoms with E-state index in [4.69, 9.17) is 11.7 Å². The normalized spacial score (nSPS) is 15.5. The predicted octanol–water partition coefficient (Wildman–Crippen LogP) is 7.01. The van der Waals surface area contributed by atoms with Crippen LogP contribution in [-0.4, -0.2) is 34.5 Å². The van der Waals surface area contributed by atoms with Crippen molar-refractivity contribution in [3.63, 3.8) is 0 Å². The molecule has 4 aromatic rings. The second kappa shape index (κ2) is 11.5. The number of nitrogens with zero attached hydrogens (tertiary/aromatic N) is 4. The summed E-state index contributed by atoms with van der Waals surface area (Å²) >= 11 is 0. The largest absolute Gasteiger partial charge is 0.507 e. The summed E-state index contributed by atoms with van der Waals surface area (Å²) < 4.78 is 0. The van der Waals surface area contributed by atoms with Gasteiger partial charge in [-0.2, -0.15) is 0 Å². The highest BCUT2D eigenvalue weighted by Crippen LogP contribution is 2.35. The van der Waals surface area contributed by atoms with Crippen molar-refractivity contribution in [3.05, 3.63) is 136 Å². The smallest absolute Gasteiger partial charge is 0.339 e. The standard InChI is InChI=1S/C35H26N4O4/c1-36-33-30(34(41)39(37-33)28-7-3-2-4-8-28)21-25-14-18-31-26(20-25)6-5-19-38(31)27-15-11-23(12-16-27)9-10-24-13-17-29(35(42)43)32(40)22-24/h2-4,7-18,20-22,40H,5-6,19H2,(H,42,43)/b10-9+,30-21?. The van der Waals surface area contributed by atoms with Crippen LogP contribution in [0.4, 0.5) is 17.1 Å². The Balaban J connectivity index is 1.20. The lowest BCUT2D eigenvalue weighted by atomic mass is 9.97. The number of amides is 1. The molecule has 0 fully saturated rings. The average Bonchev–Trinajstić information content (AvgIpc) is 3.34. The number of carboxylic acids is 1. The molecule has 210 valence electrons. The van der Waals surface area contributed by atoms with Crippen molar-refractivity contribution < 1.29 is 19.8 Å².